The molecule has 7 heteroatoms. The van der Waals surface area contributed by atoms with E-state index < -0.39 is 0 Å². The highest BCUT2D eigenvalue weighted by atomic mass is 79.9. The molecule has 0 spiro atoms. The Balaban J connectivity index is 2.33. The molecule has 1 unspecified atom stereocenters. The molecule has 0 aliphatic heterocycles. The Morgan fingerprint density at radius 1 is 1.33 bits per heavy atom. The maximum absolute atomic E-state index is 6.42. The number of hydrogen-bond donors (Lipinski definition) is 1. The highest BCUT2D eigenvalue weighted by Crippen LogP contribution is 2.30. The fraction of sp³-hybridized carbons (Fsp3) is 0.357. The van der Waals surface area contributed by atoms with E-state index in [4.69, 9.17) is 17.3 Å². The molecule has 1 heterocycles. The van der Waals surface area contributed by atoms with Crippen LogP contribution in [-0.2, 0) is 6.54 Å². The van der Waals surface area contributed by atoms with E-state index in [0.29, 0.717) is 5.02 Å². The monoisotopic (exact) mass is 434 g/mol. The Morgan fingerprint density at radius 3 is 2.67 bits per heavy atom. The number of likely N-dealkylation sites (N-methyl/N-ethyl adjacent to an activating group) is 1. The van der Waals surface area contributed by atoms with Crippen LogP contribution in [0.5, 0.6) is 0 Å². The Labute approximate surface area is 146 Å². The number of halogens is 3. The first-order chi connectivity index (χ1) is 9.88. The standard InChI is InChI=1S/C14H17Br2ClN4/c1-20(2)3-4-21-14(12(16)8-19-21)13(18)9-5-10(15)7-11(17)6-9/h5-8,13H,3-4,18H2,1-2H3. The summed E-state index contributed by atoms with van der Waals surface area (Å²) in [5.41, 5.74) is 8.32. The van der Waals surface area contributed by atoms with E-state index in [0.717, 1.165) is 33.3 Å². The van der Waals surface area contributed by atoms with Crippen molar-refractivity contribution in [2.24, 2.45) is 5.73 Å². The SMILES string of the molecule is CN(C)CCn1ncc(Br)c1C(N)c1cc(Cl)cc(Br)c1. The van der Waals surface area contributed by atoms with Crippen molar-refractivity contribution in [1.29, 1.82) is 0 Å². The minimum Gasteiger partial charge on any atom is -0.319 e. The third kappa shape index (κ3) is 4.29. The molecular formula is C14H17Br2ClN4. The van der Waals surface area contributed by atoms with E-state index in [1.54, 1.807) is 6.20 Å². The van der Waals surface area contributed by atoms with Crippen molar-refractivity contribution in [1.82, 2.24) is 14.7 Å². The summed E-state index contributed by atoms with van der Waals surface area (Å²) in [6, 6.07) is 5.41. The lowest BCUT2D eigenvalue weighted by Gasteiger charge is -2.17. The summed E-state index contributed by atoms with van der Waals surface area (Å²) in [7, 11) is 4.07. The zero-order valence-corrected chi connectivity index (χ0v) is 15.8. The van der Waals surface area contributed by atoms with Crippen molar-refractivity contribution in [2.45, 2.75) is 12.6 Å². The number of nitrogens with zero attached hydrogens (tertiary/aromatic N) is 3. The van der Waals surface area contributed by atoms with Gasteiger partial charge in [0.25, 0.3) is 0 Å². The largest absolute Gasteiger partial charge is 0.319 e. The molecule has 1 aromatic carbocycles. The second-order valence-electron chi connectivity index (χ2n) is 5.08. The molecule has 0 aliphatic carbocycles. The summed E-state index contributed by atoms with van der Waals surface area (Å²) in [5.74, 6) is 0. The van der Waals surface area contributed by atoms with E-state index in [2.05, 4.69) is 41.9 Å². The van der Waals surface area contributed by atoms with Gasteiger partial charge < -0.3 is 10.6 Å². The van der Waals surface area contributed by atoms with Gasteiger partial charge >= 0.3 is 0 Å². The third-order valence-electron chi connectivity index (χ3n) is 3.13. The van der Waals surface area contributed by atoms with Crippen LogP contribution in [0.3, 0.4) is 0 Å². The van der Waals surface area contributed by atoms with Crippen LogP contribution in [0.15, 0.2) is 33.3 Å². The van der Waals surface area contributed by atoms with E-state index in [9.17, 15) is 0 Å². The number of nitrogens with two attached hydrogens (primary N) is 1. The van der Waals surface area contributed by atoms with Crippen LogP contribution in [0.2, 0.25) is 5.02 Å². The molecule has 0 bridgehead atoms. The maximum Gasteiger partial charge on any atom is 0.0739 e. The van der Waals surface area contributed by atoms with E-state index in [-0.39, 0.29) is 6.04 Å². The van der Waals surface area contributed by atoms with Gasteiger partial charge in [0.15, 0.2) is 0 Å². The number of aromatic nitrogens is 2. The lowest BCUT2D eigenvalue weighted by atomic mass is 10.0. The topological polar surface area (TPSA) is 47.1 Å². The zero-order valence-electron chi connectivity index (χ0n) is 11.9. The van der Waals surface area contributed by atoms with E-state index >= 15 is 0 Å². The summed E-state index contributed by atoms with van der Waals surface area (Å²) in [4.78, 5) is 2.11. The van der Waals surface area contributed by atoms with Crippen LogP contribution in [0.25, 0.3) is 0 Å². The van der Waals surface area contributed by atoms with Crippen molar-refractivity contribution in [3.05, 3.63) is 49.6 Å². The molecule has 0 saturated heterocycles. The van der Waals surface area contributed by atoms with Crippen molar-refractivity contribution in [3.63, 3.8) is 0 Å². The van der Waals surface area contributed by atoms with Crippen LogP contribution in [0.1, 0.15) is 17.3 Å². The quantitative estimate of drug-likeness (QED) is 0.778. The van der Waals surface area contributed by atoms with Crippen molar-refractivity contribution in [2.75, 3.05) is 20.6 Å². The summed E-state index contributed by atoms with van der Waals surface area (Å²) in [6.45, 7) is 1.68. The van der Waals surface area contributed by atoms with Crippen LogP contribution >= 0.6 is 43.5 Å². The summed E-state index contributed by atoms with van der Waals surface area (Å²) in [6.07, 6.45) is 1.78. The molecule has 2 N–H and O–H groups in total. The Bertz CT molecular complexity index is 607. The smallest absolute Gasteiger partial charge is 0.0739 e. The lowest BCUT2D eigenvalue weighted by Crippen LogP contribution is -2.23. The highest BCUT2D eigenvalue weighted by Gasteiger charge is 2.19. The highest BCUT2D eigenvalue weighted by molar-refractivity contribution is 9.10. The first-order valence-electron chi connectivity index (χ1n) is 6.46. The normalized spacial score (nSPS) is 12.9. The molecule has 21 heavy (non-hydrogen) atoms. The Kier molecular flexibility index (Phi) is 5.85. The number of hydrogen-bond acceptors (Lipinski definition) is 3. The lowest BCUT2D eigenvalue weighted by molar-refractivity contribution is 0.368. The second-order valence-corrected chi connectivity index (χ2v) is 7.29. The Hall–Kier alpha value is -0.400. The predicted octanol–water partition coefficient (Wildman–Crippen LogP) is 3.67. The van der Waals surface area contributed by atoms with Crippen LogP contribution < -0.4 is 5.73 Å². The van der Waals surface area contributed by atoms with Crippen molar-refractivity contribution >= 4 is 43.5 Å². The van der Waals surface area contributed by atoms with Gasteiger partial charge in [-0.2, -0.15) is 5.10 Å². The van der Waals surface area contributed by atoms with Gasteiger partial charge in [-0.25, -0.2) is 0 Å². The van der Waals surface area contributed by atoms with Gasteiger partial charge in [-0.1, -0.05) is 27.5 Å². The van der Waals surface area contributed by atoms with Gasteiger partial charge in [-0.05, 0) is 53.8 Å². The van der Waals surface area contributed by atoms with E-state index in [1.807, 2.05) is 37.0 Å². The van der Waals surface area contributed by atoms with Crippen LogP contribution in [0, 0.1) is 0 Å². The molecule has 2 rings (SSSR count). The zero-order chi connectivity index (χ0) is 15.6. The average molecular weight is 437 g/mol. The summed E-state index contributed by atoms with van der Waals surface area (Å²) < 4.78 is 3.75. The van der Waals surface area contributed by atoms with Gasteiger partial charge in [-0.15, -0.1) is 0 Å². The predicted molar refractivity (Wildman–Crippen MR) is 93.7 cm³/mol. The third-order valence-corrected chi connectivity index (χ3v) is 4.42. The van der Waals surface area contributed by atoms with Crippen molar-refractivity contribution < 1.29 is 0 Å². The summed E-state index contributed by atoms with van der Waals surface area (Å²) >= 11 is 13.1. The number of benzene rings is 1. The molecule has 1 aromatic heterocycles. The maximum atomic E-state index is 6.42. The van der Waals surface area contributed by atoms with Crippen molar-refractivity contribution in [3.8, 4) is 0 Å². The summed E-state index contributed by atoms with van der Waals surface area (Å²) in [5, 5.41) is 5.06. The molecule has 0 aliphatic rings. The molecule has 4 nitrogen and oxygen atoms in total. The molecule has 0 radical (unpaired) electrons. The molecule has 1 atom stereocenters. The Morgan fingerprint density at radius 2 is 2.05 bits per heavy atom. The molecule has 0 amide bonds. The van der Waals surface area contributed by atoms with Gasteiger partial charge in [-0.3, -0.25) is 4.68 Å². The molecule has 0 fully saturated rings. The fourth-order valence-electron chi connectivity index (χ4n) is 2.07. The first-order valence-corrected chi connectivity index (χ1v) is 8.42. The fourth-order valence-corrected chi connectivity index (χ4v) is 3.50. The minimum absolute atomic E-state index is 0.293. The minimum atomic E-state index is -0.293. The van der Waals surface area contributed by atoms with Gasteiger partial charge in [0.1, 0.15) is 0 Å². The number of rotatable bonds is 5. The van der Waals surface area contributed by atoms with Gasteiger partial charge in [0, 0.05) is 16.0 Å². The average Bonchev–Trinajstić information content (AvgIpc) is 2.75. The van der Waals surface area contributed by atoms with E-state index in [1.165, 1.54) is 0 Å². The van der Waals surface area contributed by atoms with Gasteiger partial charge in [0.2, 0.25) is 0 Å². The van der Waals surface area contributed by atoms with Crippen LogP contribution in [-0.4, -0.2) is 35.3 Å². The second kappa shape index (κ2) is 7.24. The molecule has 2 aromatic rings. The molecule has 114 valence electrons. The van der Waals surface area contributed by atoms with Crippen LogP contribution in [0.4, 0.5) is 0 Å². The van der Waals surface area contributed by atoms with Gasteiger partial charge in [0.05, 0.1) is 29.0 Å². The molecule has 0 saturated carbocycles. The first kappa shape index (κ1) is 17.0. The molecular weight excluding hydrogens is 419 g/mol.